The smallest absolute Gasteiger partial charge is 0.242 e. The van der Waals surface area contributed by atoms with Crippen molar-refractivity contribution in [1.82, 2.24) is 10.2 Å². The SMILES string of the molecule is CCC1(C(=O)N2CCSCC2)CCCN1.Cl. The van der Waals surface area contributed by atoms with Crippen LogP contribution in [-0.4, -0.2) is 47.5 Å². The number of rotatable bonds is 2. The Bertz CT molecular complexity index is 238. The maximum Gasteiger partial charge on any atom is 0.242 e. The van der Waals surface area contributed by atoms with E-state index in [9.17, 15) is 4.79 Å². The molecule has 0 bridgehead atoms. The molecule has 1 atom stereocenters. The number of amides is 1. The first-order valence-corrected chi connectivity index (χ1v) is 7.06. The average molecular weight is 265 g/mol. The van der Waals surface area contributed by atoms with Gasteiger partial charge in [0.15, 0.2) is 0 Å². The topological polar surface area (TPSA) is 32.3 Å². The molecular weight excluding hydrogens is 244 g/mol. The van der Waals surface area contributed by atoms with Crippen LogP contribution in [0.25, 0.3) is 0 Å². The third-order valence-electron chi connectivity index (χ3n) is 3.55. The van der Waals surface area contributed by atoms with E-state index in [1.165, 1.54) is 0 Å². The van der Waals surface area contributed by atoms with E-state index in [-0.39, 0.29) is 17.9 Å². The van der Waals surface area contributed by atoms with E-state index in [2.05, 4.69) is 17.1 Å². The summed E-state index contributed by atoms with van der Waals surface area (Å²) in [5, 5.41) is 3.42. The minimum Gasteiger partial charge on any atom is -0.339 e. The first kappa shape index (κ1) is 14.1. The fourth-order valence-corrected chi connectivity index (χ4v) is 3.41. The average Bonchev–Trinajstić information content (AvgIpc) is 2.79. The van der Waals surface area contributed by atoms with Crippen LogP contribution in [0.15, 0.2) is 0 Å². The van der Waals surface area contributed by atoms with Crippen molar-refractivity contribution in [3.8, 4) is 0 Å². The Morgan fingerprint density at radius 3 is 2.62 bits per heavy atom. The predicted molar refractivity (Wildman–Crippen MR) is 71.4 cm³/mol. The van der Waals surface area contributed by atoms with Crippen molar-refractivity contribution in [1.29, 1.82) is 0 Å². The van der Waals surface area contributed by atoms with Crippen LogP contribution in [0.3, 0.4) is 0 Å². The van der Waals surface area contributed by atoms with Crippen LogP contribution < -0.4 is 5.32 Å². The summed E-state index contributed by atoms with van der Waals surface area (Å²) in [4.78, 5) is 14.5. The van der Waals surface area contributed by atoms with Crippen molar-refractivity contribution in [2.24, 2.45) is 0 Å². The van der Waals surface area contributed by atoms with E-state index in [0.717, 1.165) is 50.4 Å². The number of halogens is 1. The van der Waals surface area contributed by atoms with Crippen molar-refractivity contribution in [2.75, 3.05) is 31.1 Å². The van der Waals surface area contributed by atoms with Gasteiger partial charge in [-0.05, 0) is 25.8 Å². The third kappa shape index (κ3) is 2.66. The van der Waals surface area contributed by atoms with Crippen molar-refractivity contribution in [3.05, 3.63) is 0 Å². The molecule has 0 aromatic heterocycles. The van der Waals surface area contributed by atoms with E-state index in [1.54, 1.807) is 0 Å². The van der Waals surface area contributed by atoms with E-state index < -0.39 is 0 Å². The zero-order valence-electron chi connectivity index (χ0n) is 9.83. The molecule has 0 saturated carbocycles. The first-order valence-electron chi connectivity index (χ1n) is 5.91. The van der Waals surface area contributed by atoms with Crippen molar-refractivity contribution in [2.45, 2.75) is 31.7 Å². The van der Waals surface area contributed by atoms with Gasteiger partial charge in [0.05, 0.1) is 5.54 Å². The zero-order chi connectivity index (χ0) is 10.7. The van der Waals surface area contributed by atoms with E-state index in [4.69, 9.17) is 0 Å². The summed E-state index contributed by atoms with van der Waals surface area (Å²) in [7, 11) is 0. The third-order valence-corrected chi connectivity index (χ3v) is 4.50. The molecule has 0 aromatic rings. The fourth-order valence-electron chi connectivity index (χ4n) is 2.51. The van der Waals surface area contributed by atoms with E-state index >= 15 is 0 Å². The van der Waals surface area contributed by atoms with Crippen molar-refractivity contribution in [3.63, 3.8) is 0 Å². The highest BCUT2D eigenvalue weighted by Gasteiger charge is 2.41. The molecule has 1 N–H and O–H groups in total. The predicted octanol–water partition coefficient (Wildman–Crippen LogP) is 1.52. The largest absolute Gasteiger partial charge is 0.339 e. The van der Waals surface area contributed by atoms with Crippen LogP contribution >= 0.6 is 24.2 Å². The molecular formula is C11H21ClN2OS. The summed E-state index contributed by atoms with van der Waals surface area (Å²) >= 11 is 1.95. The van der Waals surface area contributed by atoms with Gasteiger partial charge in [-0.3, -0.25) is 4.79 Å². The van der Waals surface area contributed by atoms with Crippen LogP contribution in [0.2, 0.25) is 0 Å². The minimum atomic E-state index is -0.220. The summed E-state index contributed by atoms with van der Waals surface area (Å²) in [5.74, 6) is 2.56. The Morgan fingerprint density at radius 1 is 1.44 bits per heavy atom. The molecule has 5 heteroatoms. The summed E-state index contributed by atoms with van der Waals surface area (Å²) in [6.45, 7) is 5.00. The van der Waals surface area contributed by atoms with Crippen LogP contribution in [0.4, 0.5) is 0 Å². The molecule has 94 valence electrons. The van der Waals surface area contributed by atoms with Gasteiger partial charge in [-0.2, -0.15) is 11.8 Å². The molecule has 2 aliphatic heterocycles. The molecule has 0 aliphatic carbocycles. The Labute approximate surface area is 108 Å². The number of carbonyl (C=O) groups is 1. The highest BCUT2D eigenvalue weighted by molar-refractivity contribution is 7.99. The maximum absolute atomic E-state index is 12.4. The molecule has 3 nitrogen and oxygen atoms in total. The second-order valence-electron chi connectivity index (χ2n) is 4.37. The molecule has 16 heavy (non-hydrogen) atoms. The van der Waals surface area contributed by atoms with Crippen molar-refractivity contribution >= 4 is 30.1 Å². The van der Waals surface area contributed by atoms with Crippen LogP contribution in [0.5, 0.6) is 0 Å². The Balaban J connectivity index is 0.00000128. The van der Waals surface area contributed by atoms with Crippen LogP contribution in [-0.2, 0) is 4.79 Å². The summed E-state index contributed by atoms with van der Waals surface area (Å²) < 4.78 is 0. The van der Waals surface area contributed by atoms with Gasteiger partial charge in [0.2, 0.25) is 5.91 Å². The lowest BCUT2D eigenvalue weighted by atomic mass is 9.92. The van der Waals surface area contributed by atoms with Crippen molar-refractivity contribution < 1.29 is 4.79 Å². The molecule has 2 rings (SSSR count). The Morgan fingerprint density at radius 2 is 2.12 bits per heavy atom. The monoisotopic (exact) mass is 264 g/mol. The van der Waals surface area contributed by atoms with Gasteiger partial charge in [-0.1, -0.05) is 6.92 Å². The standard InChI is InChI=1S/C11H20N2OS.ClH/c1-2-11(4-3-5-12-11)10(14)13-6-8-15-9-7-13;/h12H,2-9H2,1H3;1H. The second kappa shape index (κ2) is 6.12. The molecule has 0 aromatic carbocycles. The lowest BCUT2D eigenvalue weighted by molar-refractivity contribution is -0.137. The number of hydrogen-bond acceptors (Lipinski definition) is 3. The van der Waals surface area contributed by atoms with Gasteiger partial charge in [-0.15, -0.1) is 12.4 Å². The molecule has 2 heterocycles. The molecule has 1 amide bonds. The van der Waals surface area contributed by atoms with Gasteiger partial charge >= 0.3 is 0 Å². The van der Waals surface area contributed by atoms with Gasteiger partial charge in [-0.25, -0.2) is 0 Å². The second-order valence-corrected chi connectivity index (χ2v) is 5.60. The minimum absolute atomic E-state index is 0. The summed E-state index contributed by atoms with van der Waals surface area (Å²) in [6.07, 6.45) is 3.09. The summed E-state index contributed by atoms with van der Waals surface area (Å²) in [5.41, 5.74) is -0.220. The highest BCUT2D eigenvalue weighted by Crippen LogP contribution is 2.26. The molecule has 0 radical (unpaired) electrons. The maximum atomic E-state index is 12.4. The lowest BCUT2D eigenvalue weighted by Crippen LogP contribution is -2.56. The van der Waals surface area contributed by atoms with E-state index in [1.807, 2.05) is 11.8 Å². The van der Waals surface area contributed by atoms with Gasteiger partial charge in [0.1, 0.15) is 0 Å². The first-order chi connectivity index (χ1) is 7.28. The lowest BCUT2D eigenvalue weighted by Gasteiger charge is -2.35. The number of nitrogens with one attached hydrogen (secondary N) is 1. The number of thioether (sulfide) groups is 1. The van der Waals surface area contributed by atoms with Crippen LogP contribution in [0, 0.1) is 0 Å². The highest BCUT2D eigenvalue weighted by atomic mass is 35.5. The number of nitrogens with zero attached hydrogens (tertiary/aromatic N) is 1. The van der Waals surface area contributed by atoms with Gasteiger partial charge in [0.25, 0.3) is 0 Å². The molecule has 2 saturated heterocycles. The molecule has 2 fully saturated rings. The normalized spacial score (nSPS) is 29.9. The Kier molecular flexibility index (Phi) is 5.41. The molecule has 1 unspecified atom stereocenters. The van der Waals surface area contributed by atoms with Crippen LogP contribution in [0.1, 0.15) is 26.2 Å². The number of carbonyl (C=O) groups excluding carboxylic acids is 1. The quantitative estimate of drug-likeness (QED) is 0.821. The zero-order valence-corrected chi connectivity index (χ0v) is 11.5. The number of hydrogen-bond donors (Lipinski definition) is 1. The molecule has 0 spiro atoms. The van der Waals surface area contributed by atoms with Gasteiger partial charge in [0, 0.05) is 24.6 Å². The fraction of sp³-hybridized carbons (Fsp3) is 0.909. The summed E-state index contributed by atoms with van der Waals surface area (Å²) in [6, 6.07) is 0. The van der Waals surface area contributed by atoms with E-state index in [0.29, 0.717) is 5.91 Å². The van der Waals surface area contributed by atoms with Gasteiger partial charge < -0.3 is 10.2 Å². The Hall–Kier alpha value is 0.0700. The molecule has 2 aliphatic rings.